The molecule has 0 saturated carbocycles. The van der Waals surface area contributed by atoms with Crippen molar-refractivity contribution in [1.82, 2.24) is 4.57 Å². The van der Waals surface area contributed by atoms with Gasteiger partial charge in [-0.15, -0.1) is 0 Å². The zero-order valence-electron chi connectivity index (χ0n) is 11.0. The van der Waals surface area contributed by atoms with Gasteiger partial charge in [0.2, 0.25) is 0 Å². The molecule has 2 nitrogen and oxygen atoms in total. The van der Waals surface area contributed by atoms with Crippen LogP contribution in [-0.4, -0.2) is 4.57 Å². The Hall–Kier alpha value is -1.54. The molecule has 1 aromatic heterocycles. The summed E-state index contributed by atoms with van der Waals surface area (Å²) in [4.78, 5) is 0. The van der Waals surface area contributed by atoms with Crippen LogP contribution in [0.2, 0.25) is 0 Å². The van der Waals surface area contributed by atoms with E-state index in [4.69, 9.17) is 5.73 Å². The second-order valence-electron chi connectivity index (χ2n) is 4.78. The highest BCUT2D eigenvalue weighted by Gasteiger charge is 2.09. The molecule has 0 saturated heterocycles. The van der Waals surface area contributed by atoms with E-state index < -0.39 is 0 Å². The predicted octanol–water partition coefficient (Wildman–Crippen LogP) is 3.17. The molecule has 0 amide bonds. The van der Waals surface area contributed by atoms with Gasteiger partial charge >= 0.3 is 0 Å². The maximum absolute atomic E-state index is 5.76. The molecule has 1 aromatic carbocycles. The van der Waals surface area contributed by atoms with Crippen LogP contribution in [0.4, 0.5) is 0 Å². The van der Waals surface area contributed by atoms with Gasteiger partial charge in [-0.25, -0.2) is 0 Å². The van der Waals surface area contributed by atoms with Crippen molar-refractivity contribution in [2.45, 2.75) is 34.2 Å². The number of aromatic nitrogens is 1. The molecule has 0 fully saturated rings. The first-order chi connectivity index (χ1) is 8.02. The summed E-state index contributed by atoms with van der Waals surface area (Å²) in [6.45, 7) is 9.13. The molecule has 0 aliphatic heterocycles. The SMILES string of the molecule is Cc1cc(C)cc(-n2c(C)cc(CN)c2C)c1. The molecule has 1 heterocycles. The lowest BCUT2D eigenvalue weighted by Crippen LogP contribution is -2.02. The van der Waals surface area contributed by atoms with Crippen molar-refractivity contribution in [3.63, 3.8) is 0 Å². The van der Waals surface area contributed by atoms with Crippen LogP contribution in [0.15, 0.2) is 24.3 Å². The molecule has 2 rings (SSSR count). The minimum absolute atomic E-state index is 0.602. The third-order valence-corrected chi connectivity index (χ3v) is 3.22. The summed E-state index contributed by atoms with van der Waals surface area (Å²) < 4.78 is 2.28. The topological polar surface area (TPSA) is 30.9 Å². The van der Waals surface area contributed by atoms with Gasteiger partial charge in [0, 0.05) is 23.6 Å². The molecule has 0 aliphatic carbocycles. The van der Waals surface area contributed by atoms with E-state index in [-0.39, 0.29) is 0 Å². The van der Waals surface area contributed by atoms with Gasteiger partial charge < -0.3 is 10.3 Å². The summed E-state index contributed by atoms with van der Waals surface area (Å²) in [7, 11) is 0. The molecule has 90 valence electrons. The van der Waals surface area contributed by atoms with E-state index in [2.05, 4.69) is 56.5 Å². The fraction of sp³-hybridized carbons (Fsp3) is 0.333. The molecular weight excluding hydrogens is 208 g/mol. The zero-order chi connectivity index (χ0) is 12.6. The van der Waals surface area contributed by atoms with Crippen molar-refractivity contribution >= 4 is 0 Å². The lowest BCUT2D eigenvalue weighted by Gasteiger charge is -2.12. The van der Waals surface area contributed by atoms with E-state index in [1.54, 1.807) is 0 Å². The number of hydrogen-bond acceptors (Lipinski definition) is 1. The number of benzene rings is 1. The van der Waals surface area contributed by atoms with Gasteiger partial charge in [0.05, 0.1) is 0 Å². The van der Waals surface area contributed by atoms with E-state index in [9.17, 15) is 0 Å². The Kier molecular flexibility index (Phi) is 3.07. The Balaban J connectivity index is 2.63. The monoisotopic (exact) mass is 228 g/mol. The van der Waals surface area contributed by atoms with Crippen LogP contribution < -0.4 is 5.73 Å². The van der Waals surface area contributed by atoms with Crippen LogP contribution in [-0.2, 0) is 6.54 Å². The Bertz CT molecular complexity index is 530. The molecule has 0 unspecified atom stereocenters. The predicted molar refractivity (Wildman–Crippen MR) is 72.6 cm³/mol. The first-order valence-electron chi connectivity index (χ1n) is 5.99. The maximum Gasteiger partial charge on any atom is 0.0460 e. The Morgan fingerprint density at radius 2 is 1.53 bits per heavy atom. The molecule has 0 bridgehead atoms. The van der Waals surface area contributed by atoms with Gasteiger partial charge in [0.1, 0.15) is 0 Å². The lowest BCUT2D eigenvalue weighted by molar-refractivity contribution is 0.939. The van der Waals surface area contributed by atoms with E-state index in [0.29, 0.717) is 6.54 Å². The summed E-state index contributed by atoms with van der Waals surface area (Å²) in [5, 5.41) is 0. The Morgan fingerprint density at radius 3 is 2.00 bits per heavy atom. The number of nitrogens with zero attached hydrogens (tertiary/aromatic N) is 1. The first-order valence-corrected chi connectivity index (χ1v) is 5.99. The van der Waals surface area contributed by atoms with Crippen LogP contribution in [0.5, 0.6) is 0 Å². The fourth-order valence-electron chi connectivity index (χ4n) is 2.51. The van der Waals surface area contributed by atoms with E-state index in [0.717, 1.165) is 0 Å². The minimum atomic E-state index is 0.602. The van der Waals surface area contributed by atoms with Gasteiger partial charge in [-0.3, -0.25) is 0 Å². The Labute approximate surface area is 103 Å². The minimum Gasteiger partial charge on any atom is -0.326 e. The van der Waals surface area contributed by atoms with Crippen molar-refractivity contribution in [3.05, 3.63) is 52.3 Å². The average molecular weight is 228 g/mol. The highest BCUT2D eigenvalue weighted by Crippen LogP contribution is 2.22. The van der Waals surface area contributed by atoms with Gasteiger partial charge in [-0.1, -0.05) is 6.07 Å². The zero-order valence-corrected chi connectivity index (χ0v) is 11.0. The van der Waals surface area contributed by atoms with Gasteiger partial charge in [-0.05, 0) is 62.6 Å². The summed E-state index contributed by atoms with van der Waals surface area (Å²) >= 11 is 0. The molecule has 0 radical (unpaired) electrons. The maximum atomic E-state index is 5.76. The fourth-order valence-corrected chi connectivity index (χ4v) is 2.51. The largest absolute Gasteiger partial charge is 0.326 e. The van der Waals surface area contributed by atoms with Crippen LogP contribution in [0.3, 0.4) is 0 Å². The van der Waals surface area contributed by atoms with E-state index in [1.165, 1.54) is 33.8 Å². The number of aryl methyl sites for hydroxylation is 3. The summed E-state index contributed by atoms with van der Waals surface area (Å²) in [5.41, 5.74) is 13.3. The van der Waals surface area contributed by atoms with Crippen molar-refractivity contribution in [2.75, 3.05) is 0 Å². The number of hydrogen-bond donors (Lipinski definition) is 1. The lowest BCUT2D eigenvalue weighted by atomic mass is 10.1. The molecule has 2 aromatic rings. The van der Waals surface area contributed by atoms with E-state index in [1.807, 2.05) is 0 Å². The smallest absolute Gasteiger partial charge is 0.0460 e. The Morgan fingerprint density at radius 1 is 0.941 bits per heavy atom. The van der Waals surface area contributed by atoms with Gasteiger partial charge in [-0.2, -0.15) is 0 Å². The third-order valence-electron chi connectivity index (χ3n) is 3.22. The van der Waals surface area contributed by atoms with Crippen LogP contribution >= 0.6 is 0 Å². The van der Waals surface area contributed by atoms with Crippen LogP contribution in [0.25, 0.3) is 5.69 Å². The summed E-state index contributed by atoms with van der Waals surface area (Å²) in [5.74, 6) is 0. The second-order valence-corrected chi connectivity index (χ2v) is 4.78. The van der Waals surface area contributed by atoms with Crippen molar-refractivity contribution in [3.8, 4) is 5.69 Å². The average Bonchev–Trinajstić information content (AvgIpc) is 2.52. The molecule has 0 atom stereocenters. The normalized spacial score (nSPS) is 10.9. The summed E-state index contributed by atoms with van der Waals surface area (Å²) in [6.07, 6.45) is 0. The van der Waals surface area contributed by atoms with Crippen LogP contribution in [0, 0.1) is 27.7 Å². The first kappa shape index (κ1) is 11.9. The highest BCUT2D eigenvalue weighted by molar-refractivity contribution is 5.45. The van der Waals surface area contributed by atoms with E-state index >= 15 is 0 Å². The highest BCUT2D eigenvalue weighted by atomic mass is 15.0. The molecule has 0 spiro atoms. The molecule has 2 N–H and O–H groups in total. The van der Waals surface area contributed by atoms with Gasteiger partial charge in [0.15, 0.2) is 0 Å². The standard InChI is InChI=1S/C15H20N2/c1-10-5-11(2)7-15(6-10)17-12(3)8-14(9-16)13(17)4/h5-8H,9,16H2,1-4H3. The quantitative estimate of drug-likeness (QED) is 0.841. The molecule has 2 heteroatoms. The number of nitrogens with two attached hydrogens (primary N) is 1. The second kappa shape index (κ2) is 4.38. The van der Waals surface area contributed by atoms with Gasteiger partial charge in [0.25, 0.3) is 0 Å². The molecule has 0 aliphatic rings. The van der Waals surface area contributed by atoms with Crippen molar-refractivity contribution < 1.29 is 0 Å². The molecule has 17 heavy (non-hydrogen) atoms. The molecular formula is C15H20N2. The van der Waals surface area contributed by atoms with Crippen molar-refractivity contribution in [1.29, 1.82) is 0 Å². The van der Waals surface area contributed by atoms with Crippen LogP contribution in [0.1, 0.15) is 28.1 Å². The van der Waals surface area contributed by atoms with Crippen molar-refractivity contribution in [2.24, 2.45) is 5.73 Å². The number of rotatable bonds is 2. The summed E-state index contributed by atoms with van der Waals surface area (Å²) in [6, 6.07) is 8.80. The third kappa shape index (κ3) is 2.13.